The van der Waals surface area contributed by atoms with Crippen LogP contribution in [0.3, 0.4) is 0 Å². The van der Waals surface area contributed by atoms with Crippen molar-refractivity contribution in [1.29, 1.82) is 0 Å². The second-order valence-electron chi connectivity index (χ2n) is 4.38. The fourth-order valence-electron chi connectivity index (χ4n) is 1.95. The van der Waals surface area contributed by atoms with Crippen molar-refractivity contribution in [1.82, 2.24) is 9.88 Å². The van der Waals surface area contributed by atoms with Crippen molar-refractivity contribution in [2.24, 2.45) is 0 Å². The van der Waals surface area contributed by atoms with E-state index in [1.165, 1.54) is 6.26 Å². The smallest absolute Gasteiger partial charge is 0.360 e. The van der Waals surface area contributed by atoms with E-state index < -0.39 is 5.97 Å². The quantitative estimate of drug-likeness (QED) is 0.749. The topological polar surface area (TPSA) is 58.8 Å². The normalized spacial score (nSPS) is 17.6. The number of hydrogen-bond donors (Lipinski definition) is 0. The fourth-order valence-corrected chi connectivity index (χ4v) is 1.95. The number of aromatic nitrogens is 1. The molecule has 1 aromatic rings. The molecule has 6 heteroatoms. The zero-order valence-electron chi connectivity index (χ0n) is 10.9. The molecule has 0 saturated carbocycles. The van der Waals surface area contributed by atoms with Crippen LogP contribution in [0.5, 0.6) is 0 Å². The number of nitrogens with zero attached hydrogens (tertiary/aromatic N) is 3. The minimum Gasteiger partial charge on any atom is -0.461 e. The molecule has 0 aromatic carbocycles. The highest BCUT2D eigenvalue weighted by Crippen LogP contribution is 2.16. The van der Waals surface area contributed by atoms with E-state index in [2.05, 4.69) is 21.8 Å². The van der Waals surface area contributed by atoms with Crippen LogP contribution in [0.15, 0.2) is 10.7 Å². The van der Waals surface area contributed by atoms with Crippen LogP contribution >= 0.6 is 0 Å². The van der Waals surface area contributed by atoms with Crippen LogP contribution in [-0.2, 0) is 4.74 Å². The molecule has 0 amide bonds. The summed E-state index contributed by atoms with van der Waals surface area (Å²) < 4.78 is 10.2. The van der Waals surface area contributed by atoms with Gasteiger partial charge in [0.25, 0.3) is 6.01 Å². The monoisotopic (exact) mass is 253 g/mol. The molecule has 0 radical (unpaired) electrons. The van der Waals surface area contributed by atoms with Gasteiger partial charge < -0.3 is 19.0 Å². The molecule has 100 valence electrons. The van der Waals surface area contributed by atoms with E-state index in [4.69, 9.17) is 9.15 Å². The number of carbonyl (C=O) groups is 1. The third-order valence-corrected chi connectivity index (χ3v) is 2.97. The van der Waals surface area contributed by atoms with E-state index in [-0.39, 0.29) is 5.69 Å². The number of anilines is 1. The van der Waals surface area contributed by atoms with E-state index in [1.807, 2.05) is 0 Å². The van der Waals surface area contributed by atoms with Gasteiger partial charge in [-0.3, -0.25) is 0 Å². The Bertz CT molecular complexity index is 405. The number of ether oxygens (including phenoxy) is 1. The molecule has 0 aliphatic carbocycles. The van der Waals surface area contributed by atoms with Crippen molar-refractivity contribution < 1.29 is 13.9 Å². The molecule has 0 unspecified atom stereocenters. The number of rotatable bonds is 3. The van der Waals surface area contributed by atoms with E-state index in [0.29, 0.717) is 12.6 Å². The predicted molar refractivity (Wildman–Crippen MR) is 66.8 cm³/mol. The van der Waals surface area contributed by atoms with Crippen LogP contribution in [-0.4, -0.2) is 55.7 Å². The first-order chi connectivity index (χ1) is 8.70. The third-order valence-electron chi connectivity index (χ3n) is 2.97. The van der Waals surface area contributed by atoms with E-state index >= 15 is 0 Å². The highest BCUT2D eigenvalue weighted by Gasteiger charge is 2.19. The molecule has 1 aliphatic heterocycles. The molecular formula is C12H19N3O3. The van der Waals surface area contributed by atoms with Gasteiger partial charge in [-0.25, -0.2) is 4.79 Å². The van der Waals surface area contributed by atoms with Gasteiger partial charge in [-0.1, -0.05) is 0 Å². The Kier molecular flexibility index (Phi) is 4.19. The second-order valence-corrected chi connectivity index (χ2v) is 4.38. The Morgan fingerprint density at radius 3 is 3.06 bits per heavy atom. The van der Waals surface area contributed by atoms with Gasteiger partial charge in [-0.2, -0.15) is 4.98 Å². The molecule has 0 N–H and O–H groups in total. The molecule has 18 heavy (non-hydrogen) atoms. The molecule has 2 heterocycles. The lowest BCUT2D eigenvalue weighted by Gasteiger charge is -2.17. The van der Waals surface area contributed by atoms with Crippen LogP contribution in [0, 0.1) is 0 Å². The van der Waals surface area contributed by atoms with E-state index in [1.54, 1.807) is 6.92 Å². The second kappa shape index (κ2) is 5.86. The Morgan fingerprint density at radius 2 is 2.28 bits per heavy atom. The maximum Gasteiger partial charge on any atom is 0.360 e. The molecule has 0 spiro atoms. The molecule has 6 nitrogen and oxygen atoms in total. The van der Waals surface area contributed by atoms with Crippen molar-refractivity contribution in [2.45, 2.75) is 13.3 Å². The van der Waals surface area contributed by atoms with Crippen LogP contribution in [0.2, 0.25) is 0 Å². The number of carbonyl (C=O) groups excluding carboxylic acids is 1. The van der Waals surface area contributed by atoms with Gasteiger partial charge in [-0.05, 0) is 26.9 Å². The van der Waals surface area contributed by atoms with Crippen molar-refractivity contribution >= 4 is 12.0 Å². The lowest BCUT2D eigenvalue weighted by Crippen LogP contribution is -2.29. The van der Waals surface area contributed by atoms with Crippen LogP contribution in [0.4, 0.5) is 6.01 Å². The lowest BCUT2D eigenvalue weighted by molar-refractivity contribution is 0.0519. The summed E-state index contributed by atoms with van der Waals surface area (Å²) in [7, 11) is 2.10. The Labute approximate surface area is 107 Å². The van der Waals surface area contributed by atoms with E-state index in [0.717, 1.165) is 32.6 Å². The molecule has 2 rings (SSSR count). The molecule has 1 aliphatic rings. The van der Waals surface area contributed by atoms with Gasteiger partial charge in [0.05, 0.1) is 6.61 Å². The average Bonchev–Trinajstić information content (AvgIpc) is 2.74. The summed E-state index contributed by atoms with van der Waals surface area (Å²) in [6, 6.07) is 0.508. The first-order valence-electron chi connectivity index (χ1n) is 6.27. The first-order valence-corrected chi connectivity index (χ1v) is 6.27. The minimum absolute atomic E-state index is 0.240. The summed E-state index contributed by atoms with van der Waals surface area (Å²) in [4.78, 5) is 20.0. The minimum atomic E-state index is -0.431. The highest BCUT2D eigenvalue weighted by atomic mass is 16.5. The summed E-state index contributed by atoms with van der Waals surface area (Å²) in [6.45, 7) is 5.91. The van der Waals surface area contributed by atoms with Crippen molar-refractivity contribution in [3.63, 3.8) is 0 Å². The third kappa shape index (κ3) is 3.01. The molecule has 1 saturated heterocycles. The molecule has 1 aromatic heterocycles. The Hall–Kier alpha value is -1.56. The van der Waals surface area contributed by atoms with Crippen molar-refractivity contribution in [2.75, 3.05) is 44.7 Å². The summed E-state index contributed by atoms with van der Waals surface area (Å²) in [5.74, 6) is -0.431. The number of hydrogen-bond acceptors (Lipinski definition) is 6. The summed E-state index contributed by atoms with van der Waals surface area (Å²) in [5, 5.41) is 0. The lowest BCUT2D eigenvalue weighted by atomic mass is 10.4. The standard InChI is InChI=1S/C12H19N3O3/c1-3-17-11(16)10-9-18-12(13-10)15-6-4-5-14(2)7-8-15/h9H,3-8H2,1-2H3. The molecule has 0 atom stereocenters. The van der Waals surface area contributed by atoms with Gasteiger partial charge >= 0.3 is 5.97 Å². The maximum absolute atomic E-state index is 11.5. The van der Waals surface area contributed by atoms with E-state index in [9.17, 15) is 4.79 Å². The number of oxazole rings is 1. The molecule has 0 bridgehead atoms. The summed E-state index contributed by atoms with van der Waals surface area (Å²) in [6.07, 6.45) is 2.43. The van der Waals surface area contributed by atoms with Gasteiger partial charge in [-0.15, -0.1) is 0 Å². The number of likely N-dealkylation sites (N-methyl/N-ethyl adjacent to an activating group) is 1. The average molecular weight is 253 g/mol. The Morgan fingerprint density at radius 1 is 1.44 bits per heavy atom. The van der Waals surface area contributed by atoms with Crippen LogP contribution < -0.4 is 4.90 Å². The van der Waals surface area contributed by atoms with Gasteiger partial charge in [0, 0.05) is 19.6 Å². The maximum atomic E-state index is 11.5. The summed E-state index contributed by atoms with van der Waals surface area (Å²) >= 11 is 0. The summed E-state index contributed by atoms with van der Waals surface area (Å²) in [5.41, 5.74) is 0.240. The molecule has 1 fully saturated rings. The zero-order valence-corrected chi connectivity index (χ0v) is 10.9. The Balaban J connectivity index is 2.02. The van der Waals surface area contributed by atoms with Crippen LogP contribution in [0.1, 0.15) is 23.8 Å². The number of esters is 1. The zero-order chi connectivity index (χ0) is 13.0. The predicted octanol–water partition coefficient (Wildman–Crippen LogP) is 0.993. The van der Waals surface area contributed by atoms with Gasteiger partial charge in [0.1, 0.15) is 6.26 Å². The largest absolute Gasteiger partial charge is 0.461 e. The van der Waals surface area contributed by atoms with Gasteiger partial charge in [0.15, 0.2) is 5.69 Å². The molecular weight excluding hydrogens is 234 g/mol. The fraction of sp³-hybridized carbons (Fsp3) is 0.667. The SMILES string of the molecule is CCOC(=O)c1coc(N2CCCN(C)CC2)n1. The first kappa shape index (κ1) is 12.9. The van der Waals surface area contributed by atoms with Gasteiger partial charge in [0.2, 0.25) is 0 Å². The highest BCUT2D eigenvalue weighted by molar-refractivity contribution is 5.87. The van der Waals surface area contributed by atoms with Crippen molar-refractivity contribution in [3.05, 3.63) is 12.0 Å². The van der Waals surface area contributed by atoms with Crippen molar-refractivity contribution in [3.8, 4) is 0 Å². The van der Waals surface area contributed by atoms with Crippen LogP contribution in [0.25, 0.3) is 0 Å².